The van der Waals surface area contributed by atoms with Crippen molar-refractivity contribution in [2.24, 2.45) is 0 Å². The molecule has 0 radical (unpaired) electrons. The number of benzene rings is 1. The molecule has 1 unspecified atom stereocenters. The van der Waals surface area contributed by atoms with Crippen LogP contribution in [0.5, 0.6) is 0 Å². The van der Waals surface area contributed by atoms with Crippen LogP contribution in [0.4, 0.5) is 0 Å². The number of aromatic nitrogens is 4. The van der Waals surface area contributed by atoms with Gasteiger partial charge in [-0.15, -0.1) is 10.2 Å². The zero-order valence-electron chi connectivity index (χ0n) is 15.1. The summed E-state index contributed by atoms with van der Waals surface area (Å²) in [5, 5.41) is 10.3. The Hall–Kier alpha value is -2.27. The molecule has 1 fully saturated rings. The van der Waals surface area contributed by atoms with E-state index >= 15 is 0 Å². The average Bonchev–Trinajstić information content (AvgIpc) is 3.12. The summed E-state index contributed by atoms with van der Waals surface area (Å²) in [6, 6.07) is 13.1. The van der Waals surface area contributed by atoms with Crippen molar-refractivity contribution in [2.45, 2.75) is 57.7 Å². The molecule has 0 spiro atoms. The normalized spacial score (nSPS) is 21.0. The minimum Gasteiger partial charge on any atom is -0.314 e. The molecule has 2 aliphatic heterocycles. The molecule has 5 heteroatoms. The summed E-state index contributed by atoms with van der Waals surface area (Å²) < 4.78 is 2.39. The second-order valence-corrected chi connectivity index (χ2v) is 7.56. The Morgan fingerprint density at radius 1 is 0.923 bits per heavy atom. The van der Waals surface area contributed by atoms with Gasteiger partial charge in [0.05, 0.1) is 17.3 Å². The van der Waals surface area contributed by atoms with Gasteiger partial charge < -0.3 is 4.57 Å². The molecular weight excluding hydrogens is 322 g/mol. The lowest BCUT2D eigenvalue weighted by Gasteiger charge is -2.35. The second kappa shape index (κ2) is 6.80. The summed E-state index contributed by atoms with van der Waals surface area (Å²) in [5.41, 5.74) is 2.23. The first-order valence-corrected chi connectivity index (χ1v) is 9.89. The van der Waals surface area contributed by atoms with E-state index in [1.54, 1.807) is 0 Å². The smallest absolute Gasteiger partial charge is 0.150 e. The fourth-order valence-electron chi connectivity index (χ4n) is 4.45. The Morgan fingerprint density at radius 3 is 2.85 bits per heavy atom. The van der Waals surface area contributed by atoms with E-state index in [1.165, 1.54) is 49.1 Å². The molecule has 5 rings (SSSR count). The molecule has 1 atom stereocenters. The predicted octanol–water partition coefficient (Wildman–Crippen LogP) is 3.89. The van der Waals surface area contributed by atoms with Crippen molar-refractivity contribution in [1.29, 1.82) is 0 Å². The first-order chi connectivity index (χ1) is 12.9. The lowest BCUT2D eigenvalue weighted by molar-refractivity contribution is 0.128. The fourth-order valence-corrected chi connectivity index (χ4v) is 4.45. The Labute approximate surface area is 154 Å². The Kier molecular flexibility index (Phi) is 4.17. The van der Waals surface area contributed by atoms with Crippen molar-refractivity contribution in [2.75, 3.05) is 6.54 Å². The molecule has 2 aliphatic rings. The maximum atomic E-state index is 4.89. The predicted molar refractivity (Wildman–Crippen MR) is 102 cm³/mol. The third-order valence-corrected chi connectivity index (χ3v) is 5.82. The minimum atomic E-state index is 0.372. The van der Waals surface area contributed by atoms with Gasteiger partial charge in [0.25, 0.3) is 0 Å². The van der Waals surface area contributed by atoms with Gasteiger partial charge in [-0.05, 0) is 44.4 Å². The highest BCUT2D eigenvalue weighted by Gasteiger charge is 2.30. The van der Waals surface area contributed by atoms with E-state index in [4.69, 9.17) is 4.98 Å². The highest BCUT2D eigenvalue weighted by Crippen LogP contribution is 2.32. The molecule has 5 nitrogen and oxygen atoms in total. The summed E-state index contributed by atoms with van der Waals surface area (Å²) in [5.74, 6) is 2.36. The van der Waals surface area contributed by atoms with Crippen LogP contribution in [0.2, 0.25) is 0 Å². The van der Waals surface area contributed by atoms with Crippen LogP contribution in [0.3, 0.4) is 0 Å². The molecule has 0 amide bonds. The largest absolute Gasteiger partial charge is 0.314 e. The van der Waals surface area contributed by atoms with E-state index in [-0.39, 0.29) is 0 Å². The van der Waals surface area contributed by atoms with E-state index < -0.39 is 0 Å². The quantitative estimate of drug-likeness (QED) is 0.721. The minimum absolute atomic E-state index is 0.372. The summed E-state index contributed by atoms with van der Waals surface area (Å²) in [4.78, 5) is 7.45. The monoisotopic (exact) mass is 347 g/mol. The van der Waals surface area contributed by atoms with E-state index in [0.717, 1.165) is 37.3 Å². The van der Waals surface area contributed by atoms with Crippen LogP contribution in [-0.4, -0.2) is 31.2 Å². The zero-order chi connectivity index (χ0) is 17.3. The lowest BCUT2D eigenvalue weighted by Crippen LogP contribution is -2.35. The van der Waals surface area contributed by atoms with Crippen LogP contribution >= 0.6 is 0 Å². The third kappa shape index (κ3) is 2.90. The number of fused-ring (bicyclic) bond motifs is 2. The molecule has 3 aromatic rings. The number of rotatable bonds is 3. The van der Waals surface area contributed by atoms with Gasteiger partial charge in [0.1, 0.15) is 11.6 Å². The van der Waals surface area contributed by atoms with Crippen molar-refractivity contribution in [3.63, 3.8) is 0 Å². The van der Waals surface area contributed by atoms with Crippen molar-refractivity contribution < 1.29 is 0 Å². The van der Waals surface area contributed by atoms with Crippen LogP contribution in [0.25, 0.3) is 10.9 Å². The second-order valence-electron chi connectivity index (χ2n) is 7.56. The van der Waals surface area contributed by atoms with E-state index in [9.17, 15) is 0 Å². The molecule has 0 bridgehead atoms. The fraction of sp³-hybridized carbons (Fsp3) is 0.476. The van der Waals surface area contributed by atoms with Gasteiger partial charge >= 0.3 is 0 Å². The van der Waals surface area contributed by atoms with Crippen LogP contribution in [0.1, 0.15) is 55.5 Å². The van der Waals surface area contributed by atoms with Crippen LogP contribution < -0.4 is 0 Å². The van der Waals surface area contributed by atoms with Gasteiger partial charge in [0.2, 0.25) is 0 Å². The lowest BCUT2D eigenvalue weighted by atomic mass is 10.0. The first kappa shape index (κ1) is 15.9. The zero-order valence-corrected chi connectivity index (χ0v) is 15.1. The highest BCUT2D eigenvalue weighted by molar-refractivity contribution is 5.78. The number of nitrogens with zero attached hydrogens (tertiary/aromatic N) is 5. The van der Waals surface area contributed by atoms with E-state index in [0.29, 0.717) is 6.04 Å². The Balaban J connectivity index is 1.43. The van der Waals surface area contributed by atoms with Crippen LogP contribution in [0.15, 0.2) is 36.4 Å². The number of para-hydroxylation sites is 1. The average molecular weight is 347 g/mol. The summed E-state index contributed by atoms with van der Waals surface area (Å²) in [6.45, 7) is 3.08. The van der Waals surface area contributed by atoms with Gasteiger partial charge in [0, 0.05) is 24.9 Å². The Morgan fingerprint density at radius 2 is 1.85 bits per heavy atom. The molecule has 26 heavy (non-hydrogen) atoms. The summed E-state index contributed by atoms with van der Waals surface area (Å²) in [7, 11) is 0. The molecule has 1 aromatic carbocycles. The van der Waals surface area contributed by atoms with Crippen LogP contribution in [0, 0.1) is 0 Å². The maximum absolute atomic E-state index is 4.89. The van der Waals surface area contributed by atoms with Crippen molar-refractivity contribution >= 4 is 10.9 Å². The standard InChI is InChI=1S/C21H25N5/c1-2-8-18-16(7-1)11-12-17(22-18)15-25-13-5-3-9-19(25)21-24-23-20-10-4-6-14-26(20)21/h1-2,7-8,11-12,19H,3-6,9-10,13-15H2. The van der Waals surface area contributed by atoms with E-state index in [2.05, 4.69) is 56.1 Å². The summed E-state index contributed by atoms with van der Waals surface area (Å²) >= 11 is 0. The van der Waals surface area contributed by atoms with Gasteiger partial charge in [-0.2, -0.15) is 0 Å². The molecule has 1 saturated heterocycles. The summed E-state index contributed by atoms with van der Waals surface area (Å²) in [6.07, 6.45) is 7.27. The SMILES string of the molecule is c1ccc2nc(CN3CCCCC3c3nnc4n3CCCC4)ccc2c1. The van der Waals surface area contributed by atoms with Crippen molar-refractivity contribution in [3.05, 3.63) is 53.7 Å². The molecule has 0 aliphatic carbocycles. The van der Waals surface area contributed by atoms with Crippen LogP contribution in [-0.2, 0) is 19.5 Å². The van der Waals surface area contributed by atoms with Gasteiger partial charge in [-0.25, -0.2) is 0 Å². The van der Waals surface area contributed by atoms with Gasteiger partial charge in [-0.1, -0.05) is 30.7 Å². The number of aryl methyl sites for hydroxylation is 1. The van der Waals surface area contributed by atoms with Crippen molar-refractivity contribution in [3.8, 4) is 0 Å². The third-order valence-electron chi connectivity index (χ3n) is 5.82. The number of pyridine rings is 1. The Bertz CT molecular complexity index is 916. The molecule has 0 N–H and O–H groups in total. The molecular formula is C21H25N5. The molecule has 134 valence electrons. The molecule has 4 heterocycles. The number of hydrogen-bond donors (Lipinski definition) is 0. The van der Waals surface area contributed by atoms with Crippen molar-refractivity contribution in [1.82, 2.24) is 24.6 Å². The number of hydrogen-bond acceptors (Lipinski definition) is 4. The van der Waals surface area contributed by atoms with E-state index in [1.807, 2.05) is 0 Å². The van der Waals surface area contributed by atoms with Gasteiger partial charge in [-0.3, -0.25) is 9.88 Å². The topological polar surface area (TPSA) is 46.8 Å². The molecule has 2 aromatic heterocycles. The first-order valence-electron chi connectivity index (χ1n) is 9.89. The highest BCUT2D eigenvalue weighted by atomic mass is 15.3. The molecule has 0 saturated carbocycles. The number of likely N-dealkylation sites (tertiary alicyclic amines) is 1. The van der Waals surface area contributed by atoms with Gasteiger partial charge in [0.15, 0.2) is 0 Å². The maximum Gasteiger partial charge on any atom is 0.150 e. The number of piperidine rings is 1.